The van der Waals surface area contributed by atoms with Gasteiger partial charge in [-0.25, -0.2) is 0 Å². The maximum absolute atomic E-state index is 17.7. The number of fused-ring (bicyclic) bond motifs is 3. The summed E-state index contributed by atoms with van der Waals surface area (Å²) < 4.78 is 376. The summed E-state index contributed by atoms with van der Waals surface area (Å²) in [6.45, 7) is 0. The predicted molar refractivity (Wildman–Crippen MR) is 233 cm³/mol. The SMILES string of the molecule is [2H]c1c([2H])c([2H])c([Si]2([O-])O[Si]3(c4c([2H])c([2H])c([2H])c([2H])c4[2H])O[Si]([O-])(c4c([2H])c([2H])c([2H])c([2H])c4[2H])O[Si]4(c5c([2H])c([2H])c([2H])c([2H])c5[2H])O[Si]([O-])(c5c([2H])c([2H])c([2H])c([2H])c5[2H])O[Si](c5c([2H])c([2H])c([2H])c([2H])c5[2H])(O2)O[Si](c2c([2H])c([2H])c([2H])c([2H])c2[2H])(O3)O4)c([2H])c1[2H].[Na+].[Na+].[Na+]. The van der Waals surface area contributed by atoms with Crippen LogP contribution >= 0.6 is 0 Å². The molecule has 3 aliphatic heterocycles. The van der Waals surface area contributed by atoms with Crippen LogP contribution in [0.1, 0.15) is 48.0 Å². The molecule has 0 saturated carbocycles. The third-order valence-corrected chi connectivity index (χ3v) is 33.4. The van der Waals surface area contributed by atoms with E-state index in [1.165, 1.54) is 0 Å². The molecule has 0 aliphatic carbocycles. The van der Waals surface area contributed by atoms with E-state index in [1.54, 1.807) is 0 Å². The van der Waals surface area contributed by atoms with Crippen molar-refractivity contribution in [2.75, 3.05) is 0 Å². The van der Waals surface area contributed by atoms with E-state index in [1.807, 2.05) is 0 Å². The molecule has 3 fully saturated rings. The monoisotopic (exact) mass is 1030 g/mol. The molecule has 0 amide bonds. The van der Waals surface area contributed by atoms with Crippen LogP contribution in [0.2, 0.25) is 0 Å². The first kappa shape index (κ1) is 22.1. The molecule has 7 aromatic carbocycles. The van der Waals surface area contributed by atoms with Crippen LogP contribution in [-0.2, 0) is 37.0 Å². The van der Waals surface area contributed by atoms with Crippen molar-refractivity contribution in [1.29, 1.82) is 0 Å². The first-order chi connectivity index (χ1) is 44.1. The zero-order valence-electron chi connectivity index (χ0n) is 67.4. The molecule has 0 atom stereocenters. The normalized spacial score (nSPS) is 38.5. The van der Waals surface area contributed by atoms with E-state index >= 15 is 14.4 Å². The average molecular weight is 1030 g/mol. The molecule has 4 bridgehead atoms. The van der Waals surface area contributed by atoms with Crippen LogP contribution in [0.25, 0.3) is 0 Å². The molecule has 0 N–H and O–H groups in total. The van der Waals surface area contributed by atoms with Crippen LogP contribution in [0, 0.1) is 0 Å². The second-order valence-electron chi connectivity index (χ2n) is 11.8. The summed E-state index contributed by atoms with van der Waals surface area (Å²) in [5, 5.41) is -13.6. The molecule has 0 aromatic heterocycles. The molecule has 0 spiro atoms. The van der Waals surface area contributed by atoms with Gasteiger partial charge < -0.3 is 51.4 Å². The van der Waals surface area contributed by atoms with Crippen LogP contribution in [0.4, 0.5) is 0 Å². The smallest absolute Gasteiger partial charge is 0.814 e. The predicted octanol–water partition coefficient (Wildman–Crippen LogP) is -9.81. The molecule has 64 heavy (non-hydrogen) atoms. The largest absolute Gasteiger partial charge is 1.00 e. The summed E-state index contributed by atoms with van der Waals surface area (Å²) in [6.07, 6.45) is 0. The van der Waals surface area contributed by atoms with E-state index < -0.39 is 309 Å². The van der Waals surface area contributed by atoms with Gasteiger partial charge in [0.1, 0.15) is 0 Å². The molecule has 7 aromatic rings. The molecule has 3 saturated heterocycles. The fraction of sp³-hybridized carbons (Fsp3) is 0. The van der Waals surface area contributed by atoms with Gasteiger partial charge in [-0.1, -0.05) is 211 Å². The maximum atomic E-state index is 17.7. The third-order valence-electron chi connectivity index (χ3n) is 8.06. The second-order valence-corrected chi connectivity index (χ2v) is 30.4. The van der Waals surface area contributed by atoms with Crippen molar-refractivity contribution in [2.45, 2.75) is 0 Å². The van der Waals surface area contributed by atoms with Crippen molar-refractivity contribution in [1.82, 2.24) is 0 Å². The van der Waals surface area contributed by atoms with Crippen molar-refractivity contribution < 1.29 is 188 Å². The topological polar surface area (TPSA) is 152 Å². The number of hydrogen-bond acceptors (Lipinski definition) is 12. The van der Waals surface area contributed by atoms with E-state index in [0.29, 0.717) is 0 Å². The summed E-state index contributed by atoms with van der Waals surface area (Å²) in [5.41, 5.74) is 0. The Balaban J connectivity index is 0.00000459. The van der Waals surface area contributed by atoms with Crippen molar-refractivity contribution in [2.24, 2.45) is 0 Å². The second kappa shape index (κ2) is 20.3. The summed E-state index contributed by atoms with van der Waals surface area (Å²) in [7, 11) is -55.6. The summed E-state index contributed by atoms with van der Waals surface area (Å²) in [6, 6.07) is -57.7. The molecule has 0 unspecified atom stereocenters. The molecular weight excluding hydrogens is 962 g/mol. The molecule has 306 valence electrons. The van der Waals surface area contributed by atoms with E-state index in [-0.39, 0.29) is 88.7 Å². The Bertz CT molecular complexity index is 4080. The van der Waals surface area contributed by atoms with Gasteiger partial charge in [-0.15, -0.1) is 0 Å². The van der Waals surface area contributed by atoms with Crippen LogP contribution < -0.4 is 139 Å². The van der Waals surface area contributed by atoms with Crippen molar-refractivity contribution in [3.63, 3.8) is 0 Å². The molecule has 10 rings (SSSR count). The molecule has 0 radical (unpaired) electrons. The number of hydrogen-bond donors (Lipinski definition) is 0. The number of rotatable bonds is 7. The van der Waals surface area contributed by atoms with Crippen LogP contribution in [0.15, 0.2) is 211 Å². The van der Waals surface area contributed by atoms with E-state index in [4.69, 9.17) is 65.8 Å². The summed E-state index contributed by atoms with van der Waals surface area (Å²) >= 11 is 0. The number of benzene rings is 7. The first-order valence-electron chi connectivity index (χ1n) is 34.0. The molecule has 12 nitrogen and oxygen atoms in total. The Morgan fingerprint density at radius 3 is 0.547 bits per heavy atom. The Morgan fingerprint density at radius 2 is 0.375 bits per heavy atom. The van der Waals surface area contributed by atoms with E-state index in [2.05, 4.69) is 0 Å². The quantitative estimate of drug-likeness (QED) is 0.140. The van der Waals surface area contributed by atoms with Crippen molar-refractivity contribution in [3.05, 3.63) is 211 Å². The third kappa shape index (κ3) is 9.48. The minimum atomic E-state index is -8.01. The van der Waals surface area contributed by atoms with E-state index in [9.17, 15) is 19.2 Å². The van der Waals surface area contributed by atoms with Gasteiger partial charge in [0.2, 0.25) is 0 Å². The van der Waals surface area contributed by atoms with Crippen LogP contribution in [0.3, 0.4) is 0 Å². The standard InChI is InChI=1S/C42H35O12Si7.3Na/c43-55(36-22-8-1-9-23-36)46-58(39-28-14-4-15-29-39)48-56(44,37-24-10-2-11-25-37)50-60(41-32-18-6-19-33-41)51-57(45,38-26-12-3-13-27-38)49-59(47-55,40-30-16-5-17-31-40)53-61(52-58,54-60)42-34-20-7-21-35-42;;;/h1-35H;;;/q-3;3*+1/i1D,2D,3D,4D,5D,6D,7D,8D,9D,10D,11D,12D,13D,14D,15D,16D,17D,18D,19D,20D,21D,22D,23D,24D,25D,26D,27D,28D,29D,30D,31D,32D,33D,34D,35D;;;. The molecule has 3 aliphatic rings. The zero-order valence-corrected chi connectivity index (χ0v) is 45.4. The minimum Gasteiger partial charge on any atom is -0.814 e. The van der Waals surface area contributed by atoms with Gasteiger partial charge >= 0.3 is 124 Å². The van der Waals surface area contributed by atoms with Crippen LogP contribution in [-0.4, -0.2) is 61.6 Å². The van der Waals surface area contributed by atoms with Crippen LogP contribution in [0.5, 0.6) is 0 Å². The molecule has 22 heteroatoms. The zero-order chi connectivity index (χ0) is 72.1. The first-order valence-corrected chi connectivity index (χ1v) is 28.6. The summed E-state index contributed by atoms with van der Waals surface area (Å²) in [4.78, 5) is 53.1. The molecular formula is C42H35Na3O12Si7. The van der Waals surface area contributed by atoms with Gasteiger partial charge in [-0.2, -0.15) is 0 Å². The summed E-state index contributed by atoms with van der Waals surface area (Å²) in [5.74, 6) is 0. The molecule has 3 heterocycles. The van der Waals surface area contributed by atoms with Gasteiger partial charge in [-0.05, 0) is 15.6 Å². The average Bonchev–Trinajstić information content (AvgIpc) is 0.671. The van der Waals surface area contributed by atoms with Crippen molar-refractivity contribution >= 4 is 97.9 Å². The Hall–Kier alpha value is -1.42. The maximum Gasteiger partial charge on any atom is 1.00 e. The van der Waals surface area contributed by atoms with Crippen molar-refractivity contribution in [3.8, 4) is 0 Å². The fourth-order valence-electron chi connectivity index (χ4n) is 5.64. The van der Waals surface area contributed by atoms with Gasteiger partial charge in [-0.3, -0.25) is 0 Å². The minimum absolute atomic E-state index is 0. The van der Waals surface area contributed by atoms with Gasteiger partial charge in [0.15, 0.2) is 0 Å². The van der Waals surface area contributed by atoms with Gasteiger partial charge in [0.25, 0.3) is 26.4 Å². The van der Waals surface area contributed by atoms with Gasteiger partial charge in [0, 0.05) is 20.7 Å². The van der Waals surface area contributed by atoms with E-state index in [0.717, 1.165) is 0 Å². The Labute approximate surface area is 494 Å². The Kier molecular flexibility index (Phi) is 7.01. The fourth-order valence-corrected chi connectivity index (χ4v) is 36.9. The van der Waals surface area contributed by atoms with Gasteiger partial charge in [0.05, 0.1) is 48.0 Å². The Morgan fingerprint density at radius 1 is 0.234 bits per heavy atom.